The van der Waals surface area contributed by atoms with Gasteiger partial charge in [-0.05, 0) is 18.2 Å². The molecule has 0 atom stereocenters. The molecule has 0 aliphatic carbocycles. The molecule has 3 aromatic heterocycles. The summed E-state index contributed by atoms with van der Waals surface area (Å²) in [6.45, 7) is 0. The minimum Gasteiger partial charge on any atom is -0.273 e. The minimum atomic E-state index is 0.582. The van der Waals surface area contributed by atoms with Crippen LogP contribution in [0.5, 0.6) is 0 Å². The van der Waals surface area contributed by atoms with Gasteiger partial charge in [0.2, 0.25) is 0 Å². The second-order valence-electron chi connectivity index (χ2n) is 3.07. The third-order valence-electron chi connectivity index (χ3n) is 2.09. The van der Waals surface area contributed by atoms with Crippen LogP contribution in [0.4, 0.5) is 0 Å². The first-order chi connectivity index (χ1) is 7.43. The summed E-state index contributed by atoms with van der Waals surface area (Å²) in [7, 11) is 0. The average molecular weight is 197 g/mol. The molecule has 0 aromatic carbocycles. The Morgan fingerprint density at radius 3 is 2.93 bits per heavy atom. The molecular formula is C10H7N5. The lowest BCUT2D eigenvalue weighted by Crippen LogP contribution is -1.91. The van der Waals surface area contributed by atoms with E-state index in [1.54, 1.807) is 16.9 Å². The van der Waals surface area contributed by atoms with Crippen LogP contribution < -0.4 is 0 Å². The molecule has 5 heteroatoms. The molecule has 3 aromatic rings. The van der Waals surface area contributed by atoms with Crippen molar-refractivity contribution in [2.45, 2.75) is 0 Å². The van der Waals surface area contributed by atoms with E-state index in [9.17, 15) is 0 Å². The monoisotopic (exact) mass is 197 g/mol. The second-order valence-corrected chi connectivity index (χ2v) is 3.07. The van der Waals surface area contributed by atoms with Gasteiger partial charge >= 0.3 is 0 Å². The van der Waals surface area contributed by atoms with Gasteiger partial charge in [0, 0.05) is 12.4 Å². The van der Waals surface area contributed by atoms with Crippen LogP contribution in [0.25, 0.3) is 17.2 Å². The van der Waals surface area contributed by atoms with Crippen LogP contribution >= 0.6 is 0 Å². The van der Waals surface area contributed by atoms with E-state index >= 15 is 0 Å². The summed E-state index contributed by atoms with van der Waals surface area (Å²) in [5.74, 6) is 0.582. The smallest absolute Gasteiger partial charge is 0.255 e. The fourth-order valence-electron chi connectivity index (χ4n) is 1.37. The molecule has 0 aliphatic rings. The Kier molecular flexibility index (Phi) is 1.68. The van der Waals surface area contributed by atoms with Crippen LogP contribution in [0.15, 0.2) is 43.0 Å². The van der Waals surface area contributed by atoms with Gasteiger partial charge in [-0.3, -0.25) is 9.38 Å². The van der Waals surface area contributed by atoms with E-state index in [0.29, 0.717) is 5.78 Å². The lowest BCUT2D eigenvalue weighted by Gasteiger charge is -1.98. The Bertz CT molecular complexity index is 587. The van der Waals surface area contributed by atoms with Crippen LogP contribution in [0, 0.1) is 0 Å². The molecule has 0 saturated carbocycles. The van der Waals surface area contributed by atoms with Gasteiger partial charge in [0.1, 0.15) is 6.33 Å². The van der Waals surface area contributed by atoms with Crippen molar-refractivity contribution < 1.29 is 0 Å². The summed E-state index contributed by atoms with van der Waals surface area (Å²) in [5, 5.41) is 7.65. The maximum absolute atomic E-state index is 4.33. The number of rotatable bonds is 1. The largest absolute Gasteiger partial charge is 0.273 e. The second kappa shape index (κ2) is 3.13. The predicted octanol–water partition coefficient (Wildman–Crippen LogP) is 1.19. The van der Waals surface area contributed by atoms with Gasteiger partial charge in [-0.25, -0.2) is 4.98 Å². The topological polar surface area (TPSA) is 56.0 Å². The number of hydrogen-bond donors (Lipinski definition) is 0. The molecule has 0 aliphatic heterocycles. The van der Waals surface area contributed by atoms with Crippen molar-refractivity contribution in [3.8, 4) is 11.4 Å². The third-order valence-corrected chi connectivity index (χ3v) is 2.09. The summed E-state index contributed by atoms with van der Waals surface area (Å²) in [5.41, 5.74) is 1.64. The molecule has 0 bridgehead atoms. The molecule has 0 spiro atoms. The van der Waals surface area contributed by atoms with Gasteiger partial charge in [0.05, 0.1) is 11.4 Å². The summed E-state index contributed by atoms with van der Waals surface area (Å²) < 4.78 is 1.76. The first-order valence-electron chi connectivity index (χ1n) is 4.51. The maximum Gasteiger partial charge on any atom is 0.255 e. The molecule has 0 radical (unpaired) electrons. The van der Waals surface area contributed by atoms with Crippen LogP contribution in [0.3, 0.4) is 0 Å². The summed E-state index contributed by atoms with van der Waals surface area (Å²) in [6, 6.07) is 7.60. The summed E-state index contributed by atoms with van der Waals surface area (Å²) in [4.78, 5) is 8.55. The first-order valence-corrected chi connectivity index (χ1v) is 4.51. The van der Waals surface area contributed by atoms with Gasteiger partial charge < -0.3 is 0 Å². The molecule has 0 unspecified atom stereocenters. The normalized spacial score (nSPS) is 10.7. The summed E-state index contributed by atoms with van der Waals surface area (Å²) >= 11 is 0. The van der Waals surface area contributed by atoms with Gasteiger partial charge in [-0.1, -0.05) is 6.07 Å². The number of fused-ring (bicyclic) bond motifs is 1. The maximum atomic E-state index is 4.33. The fraction of sp³-hybridized carbons (Fsp3) is 0. The lowest BCUT2D eigenvalue weighted by molar-refractivity contribution is 1.10. The Hall–Kier alpha value is -2.30. The average Bonchev–Trinajstić information content (AvgIpc) is 2.77. The van der Waals surface area contributed by atoms with Crippen molar-refractivity contribution in [2.24, 2.45) is 0 Å². The van der Waals surface area contributed by atoms with E-state index in [4.69, 9.17) is 0 Å². The third kappa shape index (κ3) is 1.34. The van der Waals surface area contributed by atoms with E-state index in [0.717, 1.165) is 11.4 Å². The molecule has 3 heterocycles. The quantitative estimate of drug-likeness (QED) is 0.588. The van der Waals surface area contributed by atoms with Crippen molar-refractivity contribution in [1.82, 2.24) is 24.6 Å². The van der Waals surface area contributed by atoms with Crippen LogP contribution in [-0.4, -0.2) is 24.6 Å². The molecular weight excluding hydrogens is 190 g/mol. The Morgan fingerprint density at radius 1 is 1.07 bits per heavy atom. The van der Waals surface area contributed by atoms with E-state index in [1.165, 1.54) is 0 Å². The van der Waals surface area contributed by atoms with Crippen LogP contribution in [0.2, 0.25) is 0 Å². The molecule has 0 amide bonds. The van der Waals surface area contributed by atoms with E-state index in [2.05, 4.69) is 20.2 Å². The highest BCUT2D eigenvalue weighted by atomic mass is 15.3. The number of pyridine rings is 1. The summed E-state index contributed by atoms with van der Waals surface area (Å²) in [6.07, 6.45) is 5.22. The first kappa shape index (κ1) is 8.05. The molecule has 72 valence electrons. The van der Waals surface area contributed by atoms with Crippen molar-refractivity contribution >= 4 is 5.78 Å². The zero-order valence-corrected chi connectivity index (χ0v) is 7.78. The number of nitrogens with zero attached hydrogens (tertiary/aromatic N) is 5. The van der Waals surface area contributed by atoms with Gasteiger partial charge in [0.25, 0.3) is 5.78 Å². The van der Waals surface area contributed by atoms with Crippen molar-refractivity contribution in [2.75, 3.05) is 0 Å². The van der Waals surface area contributed by atoms with Crippen molar-refractivity contribution in [3.63, 3.8) is 0 Å². The standard InChI is InChI=1S/C10H7N5/c1-2-5-11-8(3-1)9-4-6-15-7-12-14-10(15)13-9/h1-7H. The molecule has 0 N–H and O–H groups in total. The van der Waals surface area contributed by atoms with E-state index < -0.39 is 0 Å². The highest BCUT2D eigenvalue weighted by Crippen LogP contribution is 2.12. The molecule has 0 saturated heterocycles. The Morgan fingerprint density at radius 2 is 2.07 bits per heavy atom. The van der Waals surface area contributed by atoms with E-state index in [1.807, 2.05) is 30.5 Å². The van der Waals surface area contributed by atoms with Crippen molar-refractivity contribution in [3.05, 3.63) is 43.0 Å². The van der Waals surface area contributed by atoms with Gasteiger partial charge in [-0.2, -0.15) is 0 Å². The zero-order chi connectivity index (χ0) is 10.1. The number of hydrogen-bond acceptors (Lipinski definition) is 4. The number of aromatic nitrogens is 5. The van der Waals surface area contributed by atoms with E-state index in [-0.39, 0.29) is 0 Å². The van der Waals surface area contributed by atoms with Gasteiger partial charge in [-0.15, -0.1) is 10.2 Å². The van der Waals surface area contributed by atoms with Crippen molar-refractivity contribution in [1.29, 1.82) is 0 Å². The van der Waals surface area contributed by atoms with Crippen LogP contribution in [0.1, 0.15) is 0 Å². The van der Waals surface area contributed by atoms with Gasteiger partial charge in [0.15, 0.2) is 0 Å². The minimum absolute atomic E-state index is 0.582. The Balaban J connectivity index is 2.19. The van der Waals surface area contributed by atoms with Crippen LogP contribution in [-0.2, 0) is 0 Å². The highest BCUT2D eigenvalue weighted by molar-refractivity contribution is 5.55. The highest BCUT2D eigenvalue weighted by Gasteiger charge is 2.02. The predicted molar refractivity (Wildman–Crippen MR) is 54.0 cm³/mol. The molecule has 3 rings (SSSR count). The molecule has 5 nitrogen and oxygen atoms in total. The molecule has 15 heavy (non-hydrogen) atoms. The SMILES string of the molecule is c1ccc(-c2ccn3cnnc3n2)nc1. The fourth-order valence-corrected chi connectivity index (χ4v) is 1.37. The molecule has 0 fully saturated rings. The zero-order valence-electron chi connectivity index (χ0n) is 7.78. The Labute approximate surface area is 85.5 Å². The lowest BCUT2D eigenvalue weighted by atomic mass is 10.3.